The molecule has 1 N–H and O–H groups in total. The van der Waals surface area contributed by atoms with Crippen LogP contribution in [0.1, 0.15) is 18.4 Å². The van der Waals surface area contributed by atoms with Crippen molar-refractivity contribution in [2.24, 2.45) is 0 Å². The summed E-state index contributed by atoms with van der Waals surface area (Å²) in [6.45, 7) is 2.79. The average Bonchev–Trinajstić information content (AvgIpc) is 3.00. The highest BCUT2D eigenvalue weighted by Crippen LogP contribution is 2.21. The number of nitrogens with one attached hydrogen (secondary N) is 1. The lowest BCUT2D eigenvalue weighted by molar-refractivity contribution is -0.132. The monoisotopic (exact) mass is 337 g/mol. The lowest BCUT2D eigenvalue weighted by Crippen LogP contribution is -2.63. The molecule has 2 heterocycles. The Kier molecular flexibility index (Phi) is 4.30. The van der Waals surface area contributed by atoms with Crippen LogP contribution >= 0.6 is 0 Å². The molecule has 0 spiro atoms. The molecular formula is C20H23N3O2. The van der Waals surface area contributed by atoms with E-state index < -0.39 is 0 Å². The van der Waals surface area contributed by atoms with Crippen molar-refractivity contribution in [3.05, 3.63) is 48.0 Å². The van der Waals surface area contributed by atoms with Gasteiger partial charge in [-0.3, -0.25) is 4.79 Å². The highest BCUT2D eigenvalue weighted by Gasteiger charge is 2.38. The molecule has 3 amide bonds. The molecule has 2 saturated heterocycles. The van der Waals surface area contributed by atoms with Crippen LogP contribution in [0.15, 0.2) is 42.5 Å². The van der Waals surface area contributed by atoms with Crippen LogP contribution in [0.4, 0.5) is 4.79 Å². The van der Waals surface area contributed by atoms with Crippen LogP contribution in [0.5, 0.6) is 0 Å². The zero-order valence-electron chi connectivity index (χ0n) is 14.3. The molecule has 130 valence electrons. The molecule has 5 heteroatoms. The summed E-state index contributed by atoms with van der Waals surface area (Å²) in [6, 6.07) is 14.8. The lowest BCUT2D eigenvalue weighted by atomic mass is 10.0. The van der Waals surface area contributed by atoms with Gasteiger partial charge >= 0.3 is 6.03 Å². The number of hydrogen-bond donors (Lipinski definition) is 1. The SMILES string of the molecule is O=C(NCCc1cccc2ccccc12)N1CC(N2CCCC2=O)C1. The maximum atomic E-state index is 12.2. The highest BCUT2D eigenvalue weighted by atomic mass is 16.2. The first-order valence-corrected chi connectivity index (χ1v) is 9.01. The second kappa shape index (κ2) is 6.75. The maximum absolute atomic E-state index is 12.2. The van der Waals surface area contributed by atoms with Crippen molar-refractivity contribution in [1.29, 1.82) is 0 Å². The number of benzene rings is 2. The minimum Gasteiger partial charge on any atom is -0.338 e. The molecule has 0 saturated carbocycles. The van der Waals surface area contributed by atoms with E-state index in [1.807, 2.05) is 17.0 Å². The summed E-state index contributed by atoms with van der Waals surface area (Å²) in [4.78, 5) is 27.7. The van der Waals surface area contributed by atoms with Crippen LogP contribution in [0, 0.1) is 0 Å². The van der Waals surface area contributed by atoms with Crippen molar-refractivity contribution >= 4 is 22.7 Å². The number of urea groups is 1. The number of hydrogen-bond acceptors (Lipinski definition) is 2. The van der Waals surface area contributed by atoms with Crippen LogP contribution in [0.25, 0.3) is 10.8 Å². The molecule has 0 atom stereocenters. The zero-order valence-corrected chi connectivity index (χ0v) is 14.3. The Morgan fingerprint density at radius 3 is 2.72 bits per heavy atom. The molecule has 0 aliphatic carbocycles. The molecule has 0 bridgehead atoms. The largest absolute Gasteiger partial charge is 0.338 e. The number of fused-ring (bicyclic) bond motifs is 1. The smallest absolute Gasteiger partial charge is 0.317 e. The number of rotatable bonds is 4. The maximum Gasteiger partial charge on any atom is 0.317 e. The van der Waals surface area contributed by atoms with E-state index in [9.17, 15) is 9.59 Å². The van der Waals surface area contributed by atoms with E-state index in [-0.39, 0.29) is 18.0 Å². The fourth-order valence-corrected chi connectivity index (χ4v) is 3.80. The Hall–Kier alpha value is -2.56. The van der Waals surface area contributed by atoms with Crippen molar-refractivity contribution < 1.29 is 9.59 Å². The Morgan fingerprint density at radius 2 is 1.92 bits per heavy atom. The minimum atomic E-state index is -0.0249. The van der Waals surface area contributed by atoms with Gasteiger partial charge in [-0.1, -0.05) is 42.5 Å². The summed E-state index contributed by atoms with van der Waals surface area (Å²) >= 11 is 0. The van der Waals surface area contributed by atoms with Crippen LogP contribution in [-0.4, -0.2) is 54.0 Å². The number of amides is 3. The van der Waals surface area contributed by atoms with Gasteiger partial charge in [0.15, 0.2) is 0 Å². The molecule has 25 heavy (non-hydrogen) atoms. The first-order valence-electron chi connectivity index (χ1n) is 9.01. The van der Waals surface area contributed by atoms with Gasteiger partial charge in [0.1, 0.15) is 0 Å². The van der Waals surface area contributed by atoms with Gasteiger partial charge in [0, 0.05) is 32.6 Å². The van der Waals surface area contributed by atoms with E-state index in [1.54, 1.807) is 4.90 Å². The Bertz CT molecular complexity index is 793. The quantitative estimate of drug-likeness (QED) is 0.931. The van der Waals surface area contributed by atoms with Gasteiger partial charge < -0.3 is 15.1 Å². The van der Waals surface area contributed by atoms with Crippen molar-refractivity contribution in [3.8, 4) is 0 Å². The first-order chi connectivity index (χ1) is 12.2. The highest BCUT2D eigenvalue weighted by molar-refractivity contribution is 5.85. The standard InChI is InChI=1S/C20H23N3O2/c24-19-9-4-12-23(19)17-13-22(14-17)20(25)21-11-10-16-7-3-6-15-5-1-2-8-18(15)16/h1-3,5-8,17H,4,9-14H2,(H,21,25). The molecule has 2 aromatic carbocycles. The van der Waals surface area contributed by atoms with Gasteiger partial charge in [-0.2, -0.15) is 0 Å². The molecule has 2 aliphatic heterocycles. The number of nitrogens with zero attached hydrogens (tertiary/aromatic N) is 2. The fraction of sp³-hybridized carbons (Fsp3) is 0.400. The van der Waals surface area contributed by atoms with Crippen molar-refractivity contribution in [2.45, 2.75) is 25.3 Å². The Balaban J connectivity index is 1.26. The second-order valence-corrected chi connectivity index (χ2v) is 6.87. The number of likely N-dealkylation sites (tertiary alicyclic amines) is 2. The van der Waals surface area contributed by atoms with Crippen LogP contribution in [-0.2, 0) is 11.2 Å². The topological polar surface area (TPSA) is 52.7 Å². The van der Waals surface area contributed by atoms with Gasteiger partial charge in [0.05, 0.1) is 6.04 Å². The average molecular weight is 337 g/mol. The molecular weight excluding hydrogens is 314 g/mol. The Morgan fingerprint density at radius 1 is 1.12 bits per heavy atom. The third kappa shape index (κ3) is 3.18. The first kappa shape index (κ1) is 15.9. The summed E-state index contributed by atoms with van der Waals surface area (Å²) < 4.78 is 0. The molecule has 2 aromatic rings. The summed E-state index contributed by atoms with van der Waals surface area (Å²) in [7, 11) is 0. The van der Waals surface area contributed by atoms with E-state index in [0.29, 0.717) is 26.1 Å². The van der Waals surface area contributed by atoms with Gasteiger partial charge in [-0.05, 0) is 29.2 Å². The fourth-order valence-electron chi connectivity index (χ4n) is 3.80. The number of carbonyl (C=O) groups is 2. The van der Waals surface area contributed by atoms with Gasteiger partial charge in [0.2, 0.25) is 5.91 Å². The normalized spacial score (nSPS) is 17.8. The molecule has 2 aliphatic rings. The predicted molar refractivity (Wildman–Crippen MR) is 97.4 cm³/mol. The Labute approximate surface area is 147 Å². The summed E-state index contributed by atoms with van der Waals surface area (Å²) in [5.74, 6) is 0.237. The van der Waals surface area contributed by atoms with E-state index in [0.717, 1.165) is 19.4 Å². The van der Waals surface area contributed by atoms with E-state index in [4.69, 9.17) is 0 Å². The van der Waals surface area contributed by atoms with Gasteiger partial charge in [-0.15, -0.1) is 0 Å². The minimum absolute atomic E-state index is 0.0249. The predicted octanol–water partition coefficient (Wildman–Crippen LogP) is 2.40. The zero-order chi connectivity index (χ0) is 17.2. The molecule has 0 unspecified atom stereocenters. The summed E-state index contributed by atoms with van der Waals surface area (Å²) in [6.07, 6.45) is 2.43. The van der Waals surface area contributed by atoms with E-state index >= 15 is 0 Å². The molecule has 0 aromatic heterocycles. The van der Waals surface area contributed by atoms with Gasteiger partial charge in [-0.25, -0.2) is 4.79 Å². The third-order valence-corrected chi connectivity index (χ3v) is 5.25. The lowest BCUT2D eigenvalue weighted by Gasteiger charge is -2.43. The summed E-state index contributed by atoms with van der Waals surface area (Å²) in [5, 5.41) is 5.48. The summed E-state index contributed by atoms with van der Waals surface area (Å²) in [5.41, 5.74) is 1.25. The molecule has 0 radical (unpaired) electrons. The number of carbonyl (C=O) groups excluding carboxylic acids is 2. The molecule has 2 fully saturated rings. The van der Waals surface area contributed by atoms with E-state index in [2.05, 4.69) is 35.6 Å². The molecule has 5 nitrogen and oxygen atoms in total. The van der Waals surface area contributed by atoms with Crippen LogP contribution in [0.2, 0.25) is 0 Å². The second-order valence-electron chi connectivity index (χ2n) is 6.87. The van der Waals surface area contributed by atoms with Crippen molar-refractivity contribution in [1.82, 2.24) is 15.1 Å². The van der Waals surface area contributed by atoms with Crippen molar-refractivity contribution in [2.75, 3.05) is 26.2 Å². The van der Waals surface area contributed by atoms with Crippen LogP contribution in [0.3, 0.4) is 0 Å². The molecule has 4 rings (SSSR count). The van der Waals surface area contributed by atoms with E-state index in [1.165, 1.54) is 16.3 Å². The van der Waals surface area contributed by atoms with Crippen LogP contribution < -0.4 is 5.32 Å². The van der Waals surface area contributed by atoms with Gasteiger partial charge in [0.25, 0.3) is 0 Å². The van der Waals surface area contributed by atoms with Crippen molar-refractivity contribution in [3.63, 3.8) is 0 Å². The third-order valence-electron chi connectivity index (χ3n) is 5.25.